The number of hydrogen-bond acceptors (Lipinski definition) is 5. The van der Waals surface area contributed by atoms with Gasteiger partial charge in [-0.2, -0.15) is 4.98 Å². The molecule has 0 amide bonds. The largest absolute Gasteiger partial charge is 0.508 e. The van der Waals surface area contributed by atoms with E-state index in [1.807, 2.05) is 6.07 Å². The van der Waals surface area contributed by atoms with E-state index in [9.17, 15) is 10.2 Å². The molecule has 0 spiro atoms. The van der Waals surface area contributed by atoms with Crippen LogP contribution in [0.5, 0.6) is 5.75 Å². The molecule has 1 atom stereocenters. The summed E-state index contributed by atoms with van der Waals surface area (Å²) in [6.45, 7) is 1.56. The molecule has 1 heterocycles. The second-order valence-corrected chi connectivity index (χ2v) is 3.57. The first-order chi connectivity index (χ1) is 7.65. The Morgan fingerprint density at radius 3 is 2.88 bits per heavy atom. The van der Waals surface area contributed by atoms with Crippen LogP contribution in [0, 0.1) is 0 Å². The van der Waals surface area contributed by atoms with Gasteiger partial charge in [0.2, 0.25) is 0 Å². The second-order valence-electron chi connectivity index (χ2n) is 3.57. The molecule has 16 heavy (non-hydrogen) atoms. The summed E-state index contributed by atoms with van der Waals surface area (Å²) in [5.41, 5.74) is 0.887. The minimum Gasteiger partial charge on any atom is -0.508 e. The zero-order valence-corrected chi connectivity index (χ0v) is 8.79. The number of aromatic nitrogens is 2. The normalized spacial score (nSPS) is 12.6. The lowest BCUT2D eigenvalue weighted by atomic mass is 10.1. The van der Waals surface area contributed by atoms with Crippen LogP contribution in [0.4, 0.5) is 0 Å². The van der Waals surface area contributed by atoms with Crippen molar-refractivity contribution < 1.29 is 14.7 Å². The fraction of sp³-hybridized carbons (Fsp3) is 0.273. The molecule has 0 aliphatic carbocycles. The van der Waals surface area contributed by atoms with Crippen molar-refractivity contribution in [3.63, 3.8) is 0 Å². The van der Waals surface area contributed by atoms with Crippen molar-refractivity contribution in [3.8, 4) is 5.75 Å². The monoisotopic (exact) mass is 220 g/mol. The van der Waals surface area contributed by atoms with Crippen molar-refractivity contribution in [2.24, 2.45) is 0 Å². The lowest BCUT2D eigenvalue weighted by Gasteiger charge is -1.97. The Balaban J connectivity index is 2.14. The third-order valence-corrected chi connectivity index (χ3v) is 2.11. The van der Waals surface area contributed by atoms with Crippen molar-refractivity contribution in [2.45, 2.75) is 19.4 Å². The van der Waals surface area contributed by atoms with Gasteiger partial charge in [-0.1, -0.05) is 17.3 Å². The van der Waals surface area contributed by atoms with Crippen LogP contribution in [0.2, 0.25) is 0 Å². The molecule has 0 bridgehead atoms. The molecule has 2 N–H and O–H groups in total. The van der Waals surface area contributed by atoms with E-state index in [-0.39, 0.29) is 11.6 Å². The number of phenolic OH excluding ortho intramolecular Hbond substituents is 1. The van der Waals surface area contributed by atoms with Crippen molar-refractivity contribution in [1.82, 2.24) is 10.1 Å². The fourth-order valence-electron chi connectivity index (χ4n) is 1.36. The predicted octanol–water partition coefficient (Wildman–Crippen LogP) is 1.42. The molecular formula is C11H12N2O3. The number of aliphatic hydroxyl groups excluding tert-OH is 1. The van der Waals surface area contributed by atoms with Gasteiger partial charge in [0.1, 0.15) is 11.9 Å². The Hall–Kier alpha value is -1.88. The summed E-state index contributed by atoms with van der Waals surface area (Å²) in [6.07, 6.45) is -0.296. The quantitative estimate of drug-likeness (QED) is 0.817. The zero-order valence-electron chi connectivity index (χ0n) is 8.79. The van der Waals surface area contributed by atoms with E-state index < -0.39 is 6.10 Å². The SMILES string of the molecule is CC(O)c1nc(Cc2cccc(O)c2)no1. The third kappa shape index (κ3) is 2.38. The van der Waals surface area contributed by atoms with E-state index in [0.29, 0.717) is 12.2 Å². The Kier molecular flexibility index (Phi) is 2.87. The number of phenols is 1. The summed E-state index contributed by atoms with van der Waals surface area (Å²) in [6, 6.07) is 6.85. The van der Waals surface area contributed by atoms with Crippen LogP contribution in [0.1, 0.15) is 30.3 Å². The van der Waals surface area contributed by atoms with Gasteiger partial charge in [0.15, 0.2) is 5.82 Å². The van der Waals surface area contributed by atoms with E-state index in [2.05, 4.69) is 10.1 Å². The average molecular weight is 220 g/mol. The molecular weight excluding hydrogens is 208 g/mol. The van der Waals surface area contributed by atoms with E-state index >= 15 is 0 Å². The molecule has 2 aromatic rings. The Morgan fingerprint density at radius 2 is 2.25 bits per heavy atom. The highest BCUT2D eigenvalue weighted by molar-refractivity contribution is 5.28. The van der Waals surface area contributed by atoms with Crippen molar-refractivity contribution >= 4 is 0 Å². The Labute approximate surface area is 92.4 Å². The van der Waals surface area contributed by atoms with E-state index in [1.54, 1.807) is 25.1 Å². The van der Waals surface area contributed by atoms with Gasteiger partial charge < -0.3 is 14.7 Å². The van der Waals surface area contributed by atoms with Crippen LogP contribution in [0.3, 0.4) is 0 Å². The Morgan fingerprint density at radius 1 is 1.44 bits per heavy atom. The molecule has 84 valence electrons. The van der Waals surface area contributed by atoms with Gasteiger partial charge in [0.05, 0.1) is 0 Å². The summed E-state index contributed by atoms with van der Waals surface area (Å²) < 4.78 is 4.85. The number of nitrogens with zero attached hydrogens (tertiary/aromatic N) is 2. The van der Waals surface area contributed by atoms with Gasteiger partial charge in [-0.15, -0.1) is 0 Å². The molecule has 5 heteroatoms. The van der Waals surface area contributed by atoms with Crippen LogP contribution in [0.15, 0.2) is 28.8 Å². The lowest BCUT2D eigenvalue weighted by Crippen LogP contribution is -1.93. The molecule has 1 unspecified atom stereocenters. The molecule has 0 fully saturated rings. The molecule has 0 aliphatic heterocycles. The van der Waals surface area contributed by atoms with E-state index in [1.165, 1.54) is 0 Å². The standard InChI is InChI=1S/C11H12N2O3/c1-7(14)11-12-10(13-16-11)6-8-3-2-4-9(15)5-8/h2-5,7,14-15H,6H2,1H3. The number of rotatable bonds is 3. The Bertz CT molecular complexity index is 480. The molecule has 2 rings (SSSR count). The minimum absolute atomic E-state index is 0.204. The maximum Gasteiger partial charge on any atom is 0.255 e. The van der Waals surface area contributed by atoms with Crippen LogP contribution >= 0.6 is 0 Å². The molecule has 1 aromatic heterocycles. The maximum atomic E-state index is 9.28. The van der Waals surface area contributed by atoms with Crippen molar-refractivity contribution in [1.29, 1.82) is 0 Å². The first kappa shape index (κ1) is 10.6. The number of aliphatic hydroxyl groups is 1. The predicted molar refractivity (Wildman–Crippen MR) is 55.8 cm³/mol. The summed E-state index contributed by atoms with van der Waals surface area (Å²) in [4.78, 5) is 4.03. The molecule has 0 aliphatic rings. The van der Waals surface area contributed by atoms with Gasteiger partial charge in [0.25, 0.3) is 5.89 Å². The second kappa shape index (κ2) is 4.32. The summed E-state index contributed by atoms with van der Waals surface area (Å²) >= 11 is 0. The highest BCUT2D eigenvalue weighted by Gasteiger charge is 2.11. The molecule has 0 saturated carbocycles. The van der Waals surface area contributed by atoms with E-state index in [0.717, 1.165) is 5.56 Å². The minimum atomic E-state index is -0.759. The van der Waals surface area contributed by atoms with Gasteiger partial charge in [0, 0.05) is 6.42 Å². The molecule has 0 saturated heterocycles. The average Bonchev–Trinajstić information content (AvgIpc) is 2.66. The topological polar surface area (TPSA) is 79.4 Å². The number of hydrogen-bond donors (Lipinski definition) is 2. The van der Waals surface area contributed by atoms with Gasteiger partial charge in [-0.05, 0) is 24.6 Å². The van der Waals surface area contributed by atoms with Crippen LogP contribution in [-0.4, -0.2) is 20.4 Å². The van der Waals surface area contributed by atoms with Gasteiger partial charge in [-0.25, -0.2) is 0 Å². The summed E-state index contributed by atoms with van der Waals surface area (Å²) in [7, 11) is 0. The van der Waals surface area contributed by atoms with Gasteiger partial charge in [-0.3, -0.25) is 0 Å². The number of benzene rings is 1. The lowest BCUT2D eigenvalue weighted by molar-refractivity contribution is 0.151. The highest BCUT2D eigenvalue weighted by Crippen LogP contribution is 2.15. The molecule has 0 radical (unpaired) electrons. The summed E-state index contributed by atoms with van der Waals surface area (Å²) in [5, 5.41) is 22.2. The number of aromatic hydroxyl groups is 1. The third-order valence-electron chi connectivity index (χ3n) is 2.11. The van der Waals surface area contributed by atoms with Crippen LogP contribution < -0.4 is 0 Å². The van der Waals surface area contributed by atoms with Gasteiger partial charge >= 0.3 is 0 Å². The fourth-order valence-corrected chi connectivity index (χ4v) is 1.36. The maximum absolute atomic E-state index is 9.28. The highest BCUT2D eigenvalue weighted by atomic mass is 16.5. The first-order valence-corrected chi connectivity index (χ1v) is 4.93. The summed E-state index contributed by atoms with van der Waals surface area (Å²) in [5.74, 6) is 0.897. The van der Waals surface area contributed by atoms with E-state index in [4.69, 9.17) is 4.52 Å². The smallest absolute Gasteiger partial charge is 0.255 e. The zero-order chi connectivity index (χ0) is 11.5. The van der Waals surface area contributed by atoms with Crippen molar-refractivity contribution in [3.05, 3.63) is 41.5 Å². The van der Waals surface area contributed by atoms with Crippen LogP contribution in [0.25, 0.3) is 0 Å². The molecule has 1 aromatic carbocycles. The molecule has 5 nitrogen and oxygen atoms in total. The van der Waals surface area contributed by atoms with Crippen LogP contribution in [-0.2, 0) is 6.42 Å². The van der Waals surface area contributed by atoms with Crippen molar-refractivity contribution in [2.75, 3.05) is 0 Å². The first-order valence-electron chi connectivity index (χ1n) is 4.93.